The third-order valence-corrected chi connectivity index (χ3v) is 8.40. The molecule has 2 aromatic rings. The molecule has 2 saturated heterocycles. The third-order valence-electron chi connectivity index (χ3n) is 7.13. The van der Waals surface area contributed by atoms with E-state index >= 15 is 0 Å². The van der Waals surface area contributed by atoms with Gasteiger partial charge in [0.25, 0.3) is 5.56 Å². The van der Waals surface area contributed by atoms with Gasteiger partial charge in [-0.05, 0) is 29.8 Å². The van der Waals surface area contributed by atoms with Crippen molar-refractivity contribution in [3.63, 3.8) is 0 Å². The van der Waals surface area contributed by atoms with E-state index in [9.17, 15) is 27.5 Å². The van der Waals surface area contributed by atoms with Crippen molar-refractivity contribution in [2.75, 3.05) is 39.2 Å². The van der Waals surface area contributed by atoms with Crippen LogP contribution in [0.15, 0.2) is 41.2 Å². The van der Waals surface area contributed by atoms with E-state index in [-0.39, 0.29) is 24.6 Å². The lowest BCUT2D eigenvalue weighted by atomic mass is 9.86. The van der Waals surface area contributed by atoms with Crippen LogP contribution in [0, 0.1) is 17.7 Å². The lowest BCUT2D eigenvalue weighted by Crippen LogP contribution is -2.49. The molecule has 1 N–H and O–H groups in total. The summed E-state index contributed by atoms with van der Waals surface area (Å²) in [6.07, 6.45) is 1.09. The van der Waals surface area contributed by atoms with Crippen LogP contribution in [-0.4, -0.2) is 78.4 Å². The second-order valence-electron chi connectivity index (χ2n) is 9.01. The van der Waals surface area contributed by atoms with E-state index in [1.165, 1.54) is 33.1 Å². The van der Waals surface area contributed by atoms with Crippen molar-refractivity contribution in [3.8, 4) is 11.1 Å². The Morgan fingerprint density at radius 1 is 1.15 bits per heavy atom. The topological polar surface area (TPSA) is 109 Å². The molecule has 4 heterocycles. The molecule has 1 amide bonds. The van der Waals surface area contributed by atoms with Crippen molar-refractivity contribution in [3.05, 3.63) is 58.3 Å². The zero-order valence-electron chi connectivity index (χ0n) is 18.6. The van der Waals surface area contributed by atoms with E-state index in [0.717, 1.165) is 6.26 Å². The van der Waals surface area contributed by atoms with Gasteiger partial charge in [-0.15, -0.1) is 0 Å². The number of ether oxygens (including phenoxy) is 1. The van der Waals surface area contributed by atoms with E-state index in [2.05, 4.69) is 0 Å². The summed E-state index contributed by atoms with van der Waals surface area (Å²) in [5.74, 6) is -2.15. The molecule has 9 nitrogen and oxygen atoms in total. The summed E-state index contributed by atoms with van der Waals surface area (Å²) in [7, 11) is -3.75. The lowest BCUT2D eigenvalue weighted by Gasteiger charge is -2.37. The minimum Gasteiger partial charge on any atom is -0.396 e. The van der Waals surface area contributed by atoms with Gasteiger partial charge in [-0.25, -0.2) is 12.8 Å². The van der Waals surface area contributed by atoms with Crippen LogP contribution >= 0.6 is 0 Å². The highest BCUT2D eigenvalue weighted by Crippen LogP contribution is 2.50. The zero-order chi connectivity index (χ0) is 24.2. The van der Waals surface area contributed by atoms with Crippen molar-refractivity contribution >= 4 is 15.9 Å². The Hall–Kier alpha value is -2.60. The third kappa shape index (κ3) is 3.67. The number of aliphatic hydroxyl groups excluding tert-OH is 1. The van der Waals surface area contributed by atoms with Crippen molar-refractivity contribution in [1.29, 1.82) is 0 Å². The predicted molar refractivity (Wildman–Crippen MR) is 121 cm³/mol. The van der Waals surface area contributed by atoms with E-state index in [1.54, 1.807) is 17.0 Å². The number of sulfonamides is 1. The first kappa shape index (κ1) is 23.2. The largest absolute Gasteiger partial charge is 0.396 e. The average molecular weight is 492 g/mol. The number of morpholine rings is 1. The maximum atomic E-state index is 13.6. The molecule has 3 aliphatic heterocycles. The normalized spacial score (nSPS) is 27.0. The first-order chi connectivity index (χ1) is 16.2. The van der Waals surface area contributed by atoms with Crippen LogP contribution < -0.4 is 5.56 Å². The number of carbonyl (C=O) groups excluding carboxylic acids is 1. The van der Waals surface area contributed by atoms with Gasteiger partial charge in [0.15, 0.2) is 0 Å². The van der Waals surface area contributed by atoms with Gasteiger partial charge < -0.3 is 19.3 Å². The molecule has 11 heteroatoms. The Balaban J connectivity index is 1.64. The van der Waals surface area contributed by atoms with Crippen molar-refractivity contribution in [2.45, 2.75) is 18.6 Å². The molecule has 1 aromatic carbocycles. The molecule has 3 aliphatic rings. The van der Waals surface area contributed by atoms with Gasteiger partial charge in [0.2, 0.25) is 15.9 Å². The van der Waals surface area contributed by atoms with Gasteiger partial charge >= 0.3 is 0 Å². The van der Waals surface area contributed by atoms with Crippen LogP contribution in [0.4, 0.5) is 4.39 Å². The van der Waals surface area contributed by atoms with Gasteiger partial charge in [-0.1, -0.05) is 12.1 Å². The fourth-order valence-corrected chi connectivity index (χ4v) is 7.00. The molecule has 34 heavy (non-hydrogen) atoms. The standard InChI is InChI=1S/C23H26FN3O6S/c1-34(31,32)27-19-12-26-18(7-6-16(22(26)29)14-2-4-15(24)5-3-14)21(27)20(17(19)13-28)23(30)25-8-10-33-11-9-25/h2-7,17,19-21,28H,8-13H2,1H3/t17-,19-,20+,21+/m1/s1. The first-order valence-electron chi connectivity index (χ1n) is 11.2. The number of carbonyl (C=O) groups is 1. The van der Waals surface area contributed by atoms with E-state index in [0.29, 0.717) is 43.1 Å². The van der Waals surface area contributed by atoms with Crippen LogP contribution in [0.2, 0.25) is 0 Å². The molecule has 2 bridgehead atoms. The molecule has 1 aromatic heterocycles. The summed E-state index contributed by atoms with van der Waals surface area (Å²) < 4.78 is 47.2. The van der Waals surface area contributed by atoms with Crippen LogP contribution in [0.25, 0.3) is 11.1 Å². The molecule has 2 fully saturated rings. The number of halogens is 1. The van der Waals surface area contributed by atoms with E-state index < -0.39 is 39.8 Å². The number of rotatable bonds is 4. The summed E-state index contributed by atoms with van der Waals surface area (Å²) in [6, 6.07) is 7.18. The SMILES string of the molecule is CS(=O)(=O)N1[C@@H]2Cn3c(ccc(-c4ccc(F)cc4)c3=O)[C@H]1[C@@H](C(=O)N1CCOCC1)[C@@H]2CO. The molecule has 4 atom stereocenters. The molecule has 0 spiro atoms. The van der Waals surface area contributed by atoms with Crippen LogP contribution in [0.1, 0.15) is 11.7 Å². The number of hydrogen-bond acceptors (Lipinski definition) is 6. The Labute approximate surface area is 196 Å². The molecule has 0 aliphatic carbocycles. The number of amides is 1. The average Bonchev–Trinajstić information content (AvgIpc) is 3.08. The maximum Gasteiger partial charge on any atom is 0.258 e. The summed E-state index contributed by atoms with van der Waals surface area (Å²) in [5, 5.41) is 10.3. The zero-order valence-corrected chi connectivity index (χ0v) is 19.4. The monoisotopic (exact) mass is 491 g/mol. The van der Waals surface area contributed by atoms with Crippen molar-refractivity contribution in [2.24, 2.45) is 11.8 Å². The minimum atomic E-state index is -3.75. The summed E-state index contributed by atoms with van der Waals surface area (Å²) in [6.45, 7) is 1.19. The Kier molecular flexibility index (Phi) is 5.83. The second kappa shape index (κ2) is 8.56. The maximum absolute atomic E-state index is 13.6. The Morgan fingerprint density at radius 2 is 1.82 bits per heavy atom. The van der Waals surface area contributed by atoms with Gasteiger partial charge in [-0.2, -0.15) is 4.31 Å². The highest BCUT2D eigenvalue weighted by atomic mass is 32.2. The summed E-state index contributed by atoms with van der Waals surface area (Å²) >= 11 is 0. The highest BCUT2D eigenvalue weighted by molar-refractivity contribution is 7.88. The number of aliphatic hydroxyl groups is 1. The number of aromatic nitrogens is 1. The quantitative estimate of drug-likeness (QED) is 0.665. The van der Waals surface area contributed by atoms with Gasteiger partial charge in [0.1, 0.15) is 5.82 Å². The Bertz CT molecular complexity index is 1270. The van der Waals surface area contributed by atoms with Gasteiger partial charge in [0.05, 0.1) is 31.4 Å². The fraction of sp³-hybridized carbons (Fsp3) is 0.478. The van der Waals surface area contributed by atoms with Crippen LogP contribution in [0.5, 0.6) is 0 Å². The molecule has 0 radical (unpaired) electrons. The van der Waals surface area contributed by atoms with Crippen LogP contribution in [-0.2, 0) is 26.1 Å². The first-order valence-corrected chi connectivity index (χ1v) is 13.0. The predicted octanol–water partition coefficient (Wildman–Crippen LogP) is 0.436. The number of fused-ring (bicyclic) bond motifs is 4. The summed E-state index contributed by atoms with van der Waals surface area (Å²) in [4.78, 5) is 28.7. The smallest absolute Gasteiger partial charge is 0.258 e. The van der Waals surface area contributed by atoms with E-state index in [4.69, 9.17) is 4.74 Å². The van der Waals surface area contributed by atoms with Crippen LogP contribution in [0.3, 0.4) is 0 Å². The number of benzene rings is 1. The van der Waals surface area contributed by atoms with Crippen molar-refractivity contribution < 1.29 is 27.4 Å². The minimum absolute atomic E-state index is 0.0187. The second-order valence-corrected chi connectivity index (χ2v) is 10.9. The number of pyridine rings is 1. The highest BCUT2D eigenvalue weighted by Gasteiger charge is 2.59. The molecular weight excluding hydrogens is 465 g/mol. The lowest BCUT2D eigenvalue weighted by molar-refractivity contribution is -0.142. The summed E-state index contributed by atoms with van der Waals surface area (Å²) in [5.41, 5.74) is 0.968. The number of nitrogens with zero attached hydrogens (tertiary/aromatic N) is 3. The molecule has 0 unspecified atom stereocenters. The molecular formula is C23H26FN3O6S. The molecule has 0 saturated carbocycles. The number of hydrogen-bond donors (Lipinski definition) is 1. The Morgan fingerprint density at radius 3 is 2.44 bits per heavy atom. The van der Waals surface area contributed by atoms with Gasteiger partial charge in [0, 0.05) is 49.5 Å². The molecule has 182 valence electrons. The van der Waals surface area contributed by atoms with Gasteiger partial charge in [-0.3, -0.25) is 9.59 Å². The van der Waals surface area contributed by atoms with E-state index in [1.807, 2.05) is 0 Å². The fourth-order valence-electron chi connectivity index (χ4n) is 5.63. The molecule has 5 rings (SSSR count). The van der Waals surface area contributed by atoms with Crippen molar-refractivity contribution in [1.82, 2.24) is 13.8 Å².